The van der Waals surface area contributed by atoms with Crippen LogP contribution in [0, 0.1) is 11.6 Å². The van der Waals surface area contributed by atoms with E-state index in [0.717, 1.165) is 16.4 Å². The number of halogens is 2. The van der Waals surface area contributed by atoms with Crippen molar-refractivity contribution in [2.45, 2.75) is 30.3 Å². The fourth-order valence-electron chi connectivity index (χ4n) is 2.97. The highest BCUT2D eigenvalue weighted by molar-refractivity contribution is 7.89. The molecule has 1 saturated heterocycles. The monoisotopic (exact) mass is 380 g/mol. The maximum absolute atomic E-state index is 13.6. The van der Waals surface area contributed by atoms with Crippen molar-refractivity contribution < 1.29 is 22.0 Å². The molecule has 1 atom stereocenters. The number of benzene rings is 2. The number of rotatable bonds is 5. The van der Waals surface area contributed by atoms with E-state index in [2.05, 4.69) is 5.32 Å². The zero-order chi connectivity index (χ0) is 18.7. The third-order valence-corrected chi connectivity index (χ3v) is 6.26. The van der Waals surface area contributed by atoms with E-state index in [9.17, 15) is 22.0 Å². The van der Waals surface area contributed by atoms with E-state index in [0.29, 0.717) is 18.4 Å². The molecule has 0 bridgehead atoms. The van der Waals surface area contributed by atoms with Gasteiger partial charge in [-0.2, -0.15) is 4.31 Å². The second-order valence-electron chi connectivity index (χ2n) is 6.04. The zero-order valence-corrected chi connectivity index (χ0v) is 14.7. The maximum atomic E-state index is 13.6. The van der Waals surface area contributed by atoms with Gasteiger partial charge < -0.3 is 5.32 Å². The highest BCUT2D eigenvalue weighted by Crippen LogP contribution is 2.26. The molecule has 0 aromatic heterocycles. The standard InChI is InChI=1S/C18H18F2N2O3S/c19-14-7-9-15(10-8-14)26(24,25)22-11-3-6-17(22)18(23)21-12-13-4-1-2-5-16(13)20/h1-2,4-5,7-10,17H,3,6,11-12H2,(H,21,23)/t17-/m1/s1. The Morgan fingerprint density at radius 2 is 1.81 bits per heavy atom. The lowest BCUT2D eigenvalue weighted by atomic mass is 10.2. The molecule has 0 unspecified atom stereocenters. The summed E-state index contributed by atoms with van der Waals surface area (Å²) in [5.74, 6) is -1.45. The highest BCUT2D eigenvalue weighted by Gasteiger charge is 2.39. The summed E-state index contributed by atoms with van der Waals surface area (Å²) in [6.07, 6.45) is 0.918. The minimum absolute atomic E-state index is 0.0214. The first kappa shape index (κ1) is 18.5. The van der Waals surface area contributed by atoms with Crippen LogP contribution >= 0.6 is 0 Å². The molecular formula is C18H18F2N2O3S. The van der Waals surface area contributed by atoms with E-state index in [-0.39, 0.29) is 18.0 Å². The van der Waals surface area contributed by atoms with E-state index in [4.69, 9.17) is 0 Å². The van der Waals surface area contributed by atoms with Gasteiger partial charge in [-0.3, -0.25) is 4.79 Å². The molecule has 1 N–H and O–H groups in total. The summed E-state index contributed by atoms with van der Waals surface area (Å²) in [5, 5.41) is 2.60. The van der Waals surface area contributed by atoms with Gasteiger partial charge in [0, 0.05) is 18.7 Å². The second kappa shape index (κ2) is 7.51. The molecule has 5 nitrogen and oxygen atoms in total. The Kier molecular flexibility index (Phi) is 5.33. The molecule has 1 aliphatic heterocycles. The molecule has 2 aromatic carbocycles. The SMILES string of the molecule is O=C(NCc1ccccc1F)[C@H]1CCCN1S(=O)(=O)c1ccc(F)cc1. The lowest BCUT2D eigenvalue weighted by molar-refractivity contribution is -0.124. The van der Waals surface area contributed by atoms with Crippen LogP contribution in [-0.4, -0.2) is 31.2 Å². The fraction of sp³-hybridized carbons (Fsp3) is 0.278. The Hall–Kier alpha value is -2.32. The summed E-state index contributed by atoms with van der Waals surface area (Å²) in [6.45, 7) is 0.184. The van der Waals surface area contributed by atoms with Crippen LogP contribution in [0.5, 0.6) is 0 Å². The highest BCUT2D eigenvalue weighted by atomic mass is 32.2. The summed E-state index contributed by atoms with van der Waals surface area (Å²) < 4.78 is 53.3. The second-order valence-corrected chi connectivity index (χ2v) is 7.93. The molecule has 0 saturated carbocycles. The van der Waals surface area contributed by atoms with Gasteiger partial charge in [0.25, 0.3) is 0 Å². The van der Waals surface area contributed by atoms with Crippen molar-refractivity contribution in [2.24, 2.45) is 0 Å². The van der Waals surface area contributed by atoms with Gasteiger partial charge in [0.2, 0.25) is 15.9 Å². The van der Waals surface area contributed by atoms with Gasteiger partial charge in [-0.05, 0) is 43.2 Å². The Bertz CT molecular complexity index is 901. The van der Waals surface area contributed by atoms with Crippen molar-refractivity contribution in [2.75, 3.05) is 6.54 Å². The lowest BCUT2D eigenvalue weighted by Crippen LogP contribution is -2.45. The number of amides is 1. The quantitative estimate of drug-likeness (QED) is 0.866. The molecule has 26 heavy (non-hydrogen) atoms. The summed E-state index contributed by atoms with van der Waals surface area (Å²) >= 11 is 0. The minimum Gasteiger partial charge on any atom is -0.351 e. The first-order valence-corrected chi connectivity index (χ1v) is 9.62. The van der Waals surface area contributed by atoms with Crippen LogP contribution in [0.3, 0.4) is 0 Å². The molecule has 2 aromatic rings. The van der Waals surface area contributed by atoms with Gasteiger partial charge in [0.05, 0.1) is 4.90 Å². The zero-order valence-electron chi connectivity index (χ0n) is 13.9. The molecule has 1 amide bonds. The van der Waals surface area contributed by atoms with E-state index >= 15 is 0 Å². The molecule has 0 aliphatic carbocycles. The van der Waals surface area contributed by atoms with Gasteiger partial charge in [0.15, 0.2) is 0 Å². The average molecular weight is 380 g/mol. The molecule has 0 spiro atoms. The Balaban J connectivity index is 1.74. The molecule has 138 valence electrons. The van der Waals surface area contributed by atoms with Crippen molar-refractivity contribution in [3.63, 3.8) is 0 Å². The molecule has 1 fully saturated rings. The molecule has 8 heteroatoms. The Labute approximate surface area is 150 Å². The first-order valence-electron chi connectivity index (χ1n) is 8.18. The van der Waals surface area contributed by atoms with E-state index in [1.165, 1.54) is 18.2 Å². The number of nitrogens with zero attached hydrogens (tertiary/aromatic N) is 1. The summed E-state index contributed by atoms with van der Waals surface area (Å²) in [4.78, 5) is 12.4. The van der Waals surface area contributed by atoms with Crippen LogP contribution in [0.15, 0.2) is 53.4 Å². The molecule has 0 radical (unpaired) electrons. The summed E-state index contributed by atoms with van der Waals surface area (Å²) in [5.41, 5.74) is 0.326. The summed E-state index contributed by atoms with van der Waals surface area (Å²) in [6, 6.07) is 9.68. The lowest BCUT2D eigenvalue weighted by Gasteiger charge is -2.23. The van der Waals surface area contributed by atoms with E-state index in [1.54, 1.807) is 18.2 Å². The third kappa shape index (κ3) is 3.76. The largest absolute Gasteiger partial charge is 0.351 e. The van der Waals surface area contributed by atoms with Gasteiger partial charge in [-0.25, -0.2) is 17.2 Å². The number of carbonyl (C=O) groups is 1. The van der Waals surface area contributed by atoms with Crippen molar-refractivity contribution in [1.82, 2.24) is 9.62 Å². The predicted molar refractivity (Wildman–Crippen MR) is 91.6 cm³/mol. The first-order chi connectivity index (χ1) is 12.4. The topological polar surface area (TPSA) is 66.5 Å². The molecule has 3 rings (SSSR count). The number of nitrogens with one attached hydrogen (secondary N) is 1. The number of sulfonamides is 1. The number of hydrogen-bond donors (Lipinski definition) is 1. The van der Waals surface area contributed by atoms with Crippen molar-refractivity contribution in [3.8, 4) is 0 Å². The third-order valence-electron chi connectivity index (χ3n) is 4.34. The smallest absolute Gasteiger partial charge is 0.243 e. The van der Waals surface area contributed by atoms with Gasteiger partial charge >= 0.3 is 0 Å². The van der Waals surface area contributed by atoms with Crippen molar-refractivity contribution in [1.29, 1.82) is 0 Å². The van der Waals surface area contributed by atoms with Crippen LogP contribution in [-0.2, 0) is 21.4 Å². The Morgan fingerprint density at radius 3 is 2.50 bits per heavy atom. The predicted octanol–water partition coefficient (Wildman–Crippen LogP) is 2.43. The fourth-order valence-corrected chi connectivity index (χ4v) is 4.63. The normalized spacial score (nSPS) is 18.0. The van der Waals surface area contributed by atoms with Gasteiger partial charge in [-0.15, -0.1) is 0 Å². The number of carbonyl (C=O) groups excluding carboxylic acids is 1. The minimum atomic E-state index is -3.91. The molecule has 1 heterocycles. The van der Waals surface area contributed by atoms with E-state index in [1.807, 2.05) is 0 Å². The molecular weight excluding hydrogens is 362 g/mol. The average Bonchev–Trinajstić information content (AvgIpc) is 3.12. The molecule has 1 aliphatic rings. The van der Waals surface area contributed by atoms with Crippen LogP contribution in [0.1, 0.15) is 18.4 Å². The van der Waals surface area contributed by atoms with Gasteiger partial charge in [0.1, 0.15) is 17.7 Å². The maximum Gasteiger partial charge on any atom is 0.243 e. The van der Waals surface area contributed by atoms with Crippen molar-refractivity contribution in [3.05, 3.63) is 65.7 Å². The van der Waals surface area contributed by atoms with Crippen molar-refractivity contribution >= 4 is 15.9 Å². The Morgan fingerprint density at radius 1 is 1.12 bits per heavy atom. The van der Waals surface area contributed by atoms with Crippen LogP contribution in [0.25, 0.3) is 0 Å². The number of hydrogen-bond acceptors (Lipinski definition) is 3. The van der Waals surface area contributed by atoms with Gasteiger partial charge in [-0.1, -0.05) is 18.2 Å². The van der Waals surface area contributed by atoms with Crippen LogP contribution in [0.4, 0.5) is 8.78 Å². The summed E-state index contributed by atoms with van der Waals surface area (Å²) in [7, 11) is -3.91. The van der Waals surface area contributed by atoms with Crippen LogP contribution < -0.4 is 5.32 Å². The van der Waals surface area contributed by atoms with Crippen LogP contribution in [0.2, 0.25) is 0 Å². The van der Waals surface area contributed by atoms with E-state index < -0.39 is 33.6 Å².